The molecule has 25 heavy (non-hydrogen) atoms. The molecule has 0 aromatic heterocycles. The Morgan fingerprint density at radius 1 is 1.28 bits per heavy atom. The van der Waals surface area contributed by atoms with Crippen LogP contribution in [0.5, 0.6) is 5.75 Å². The Balaban J connectivity index is 1.84. The van der Waals surface area contributed by atoms with Crippen molar-refractivity contribution in [1.29, 1.82) is 0 Å². The number of methoxy groups -OCH3 is 1. The predicted molar refractivity (Wildman–Crippen MR) is 97.7 cm³/mol. The third-order valence-electron chi connectivity index (χ3n) is 4.17. The maximum absolute atomic E-state index is 12.5. The van der Waals surface area contributed by atoms with Gasteiger partial charge in [0.1, 0.15) is 5.75 Å². The Kier molecular flexibility index (Phi) is 7.77. The number of anilines is 1. The van der Waals surface area contributed by atoms with Crippen LogP contribution < -0.4 is 10.1 Å². The zero-order chi connectivity index (χ0) is 18.2. The number of halogens is 1. The number of carbonyl (C=O) groups is 1. The van der Waals surface area contributed by atoms with Crippen LogP contribution in [0, 0.1) is 6.92 Å². The maximum Gasteiger partial charge on any atom is 0.322 e. The Morgan fingerprint density at radius 2 is 2.00 bits per heavy atom. The molecule has 1 fully saturated rings. The summed E-state index contributed by atoms with van der Waals surface area (Å²) in [5.74, 6) is 0.545. The Morgan fingerprint density at radius 3 is 2.64 bits per heavy atom. The second kappa shape index (κ2) is 9.82. The number of urea groups is 1. The smallest absolute Gasteiger partial charge is 0.322 e. The van der Waals surface area contributed by atoms with E-state index in [2.05, 4.69) is 10.2 Å². The first kappa shape index (κ1) is 19.8. The molecule has 0 spiro atoms. The van der Waals surface area contributed by atoms with E-state index in [0.717, 1.165) is 25.2 Å². The molecule has 0 radical (unpaired) electrons. The predicted octanol–water partition coefficient (Wildman–Crippen LogP) is 1.82. The van der Waals surface area contributed by atoms with Crippen molar-refractivity contribution < 1.29 is 19.4 Å². The van der Waals surface area contributed by atoms with Crippen LogP contribution in [0.1, 0.15) is 5.56 Å². The summed E-state index contributed by atoms with van der Waals surface area (Å²) in [7, 11) is 1.55. The van der Waals surface area contributed by atoms with Gasteiger partial charge in [-0.2, -0.15) is 0 Å². The van der Waals surface area contributed by atoms with Gasteiger partial charge in [0.25, 0.3) is 0 Å². The van der Waals surface area contributed by atoms with Crippen LogP contribution in [0.3, 0.4) is 0 Å². The van der Waals surface area contributed by atoms with Crippen molar-refractivity contribution in [2.24, 2.45) is 0 Å². The van der Waals surface area contributed by atoms with Gasteiger partial charge in [-0.1, -0.05) is 11.6 Å². The molecule has 8 heteroatoms. The number of hydrogen-bond acceptors (Lipinski definition) is 5. The van der Waals surface area contributed by atoms with E-state index in [-0.39, 0.29) is 12.6 Å². The first-order chi connectivity index (χ1) is 12.0. The lowest BCUT2D eigenvalue weighted by atomic mass is 10.2. The highest BCUT2D eigenvalue weighted by Gasteiger charge is 2.22. The first-order valence-electron chi connectivity index (χ1n) is 8.36. The summed E-state index contributed by atoms with van der Waals surface area (Å²) in [6.45, 7) is 6.59. The van der Waals surface area contributed by atoms with Crippen molar-refractivity contribution in [2.45, 2.75) is 6.92 Å². The van der Waals surface area contributed by atoms with Gasteiger partial charge < -0.3 is 24.8 Å². The van der Waals surface area contributed by atoms with E-state index < -0.39 is 0 Å². The van der Waals surface area contributed by atoms with Gasteiger partial charge in [-0.05, 0) is 18.6 Å². The highest BCUT2D eigenvalue weighted by Crippen LogP contribution is 2.31. The quantitative estimate of drug-likeness (QED) is 0.715. The molecule has 0 bridgehead atoms. The van der Waals surface area contributed by atoms with Crippen LogP contribution in [-0.2, 0) is 4.74 Å². The second-order valence-corrected chi connectivity index (χ2v) is 6.30. The zero-order valence-corrected chi connectivity index (χ0v) is 15.5. The summed E-state index contributed by atoms with van der Waals surface area (Å²) in [5.41, 5.74) is 1.50. The number of piperazine rings is 1. The van der Waals surface area contributed by atoms with E-state index in [1.807, 2.05) is 13.0 Å². The summed E-state index contributed by atoms with van der Waals surface area (Å²) < 4.78 is 10.6. The molecule has 0 saturated carbocycles. The van der Waals surface area contributed by atoms with Gasteiger partial charge in [0.15, 0.2) is 0 Å². The summed E-state index contributed by atoms with van der Waals surface area (Å²) in [5, 5.41) is 12.2. The van der Waals surface area contributed by atoms with Crippen molar-refractivity contribution in [2.75, 3.05) is 65.0 Å². The molecular formula is C17H26ClN3O4. The van der Waals surface area contributed by atoms with Crippen LogP contribution in [0.4, 0.5) is 10.5 Å². The van der Waals surface area contributed by atoms with E-state index >= 15 is 0 Å². The zero-order valence-electron chi connectivity index (χ0n) is 14.8. The molecule has 2 rings (SSSR count). The number of hydrogen-bond donors (Lipinski definition) is 2. The van der Waals surface area contributed by atoms with Crippen LogP contribution >= 0.6 is 11.6 Å². The van der Waals surface area contributed by atoms with Crippen LogP contribution in [0.2, 0.25) is 5.02 Å². The topological polar surface area (TPSA) is 74.3 Å². The number of ether oxygens (including phenoxy) is 2. The normalized spacial score (nSPS) is 15.3. The summed E-state index contributed by atoms with van der Waals surface area (Å²) in [4.78, 5) is 16.5. The standard InChI is InChI=1S/C17H26ClN3O4/c1-13-11-15(16(24-2)12-14(13)18)19-17(23)21-5-3-20(4-6-21)7-9-25-10-8-22/h11-12,22H,3-10H2,1-2H3,(H,19,23). The van der Waals surface area contributed by atoms with E-state index in [9.17, 15) is 4.79 Å². The molecular weight excluding hydrogens is 346 g/mol. The minimum absolute atomic E-state index is 0.0432. The Bertz CT molecular complexity index is 577. The molecule has 1 heterocycles. The van der Waals surface area contributed by atoms with Crippen molar-refractivity contribution in [3.8, 4) is 5.75 Å². The van der Waals surface area contributed by atoms with E-state index in [4.69, 9.17) is 26.2 Å². The number of aliphatic hydroxyl groups excluding tert-OH is 1. The van der Waals surface area contributed by atoms with Gasteiger partial charge in [0.2, 0.25) is 0 Å². The second-order valence-electron chi connectivity index (χ2n) is 5.90. The Labute approximate surface area is 153 Å². The third kappa shape index (κ3) is 5.74. The molecule has 1 aliphatic rings. The number of amides is 2. The highest BCUT2D eigenvalue weighted by atomic mass is 35.5. The molecule has 1 aliphatic heterocycles. The minimum atomic E-state index is -0.142. The van der Waals surface area contributed by atoms with Gasteiger partial charge >= 0.3 is 6.03 Å². The minimum Gasteiger partial charge on any atom is -0.495 e. The molecule has 1 saturated heterocycles. The molecule has 7 nitrogen and oxygen atoms in total. The molecule has 0 unspecified atom stereocenters. The van der Waals surface area contributed by atoms with Gasteiger partial charge in [-0.3, -0.25) is 4.90 Å². The third-order valence-corrected chi connectivity index (χ3v) is 4.58. The maximum atomic E-state index is 12.5. The SMILES string of the molecule is COc1cc(Cl)c(C)cc1NC(=O)N1CCN(CCOCCO)CC1. The molecule has 140 valence electrons. The van der Waals surface area contributed by atoms with Gasteiger partial charge in [0.05, 0.1) is 32.6 Å². The summed E-state index contributed by atoms with van der Waals surface area (Å²) >= 11 is 6.09. The fourth-order valence-corrected chi connectivity index (χ4v) is 2.81. The number of rotatable bonds is 7. The van der Waals surface area contributed by atoms with Crippen molar-refractivity contribution in [3.63, 3.8) is 0 Å². The Hall–Kier alpha value is -1.54. The molecule has 2 N–H and O–H groups in total. The van der Waals surface area contributed by atoms with Crippen LogP contribution in [0.25, 0.3) is 0 Å². The lowest BCUT2D eigenvalue weighted by Crippen LogP contribution is -2.50. The first-order valence-corrected chi connectivity index (χ1v) is 8.74. The molecule has 0 aliphatic carbocycles. The van der Waals surface area contributed by atoms with Gasteiger partial charge in [-0.15, -0.1) is 0 Å². The van der Waals surface area contributed by atoms with Crippen molar-refractivity contribution >= 4 is 23.3 Å². The largest absolute Gasteiger partial charge is 0.495 e. The van der Waals surface area contributed by atoms with Crippen LogP contribution in [0.15, 0.2) is 12.1 Å². The molecule has 2 amide bonds. The van der Waals surface area contributed by atoms with E-state index in [1.54, 1.807) is 18.1 Å². The average molecular weight is 372 g/mol. The summed E-state index contributed by atoms with van der Waals surface area (Å²) in [6, 6.07) is 3.38. The average Bonchev–Trinajstić information content (AvgIpc) is 2.62. The number of benzene rings is 1. The van der Waals surface area contributed by atoms with E-state index in [1.165, 1.54) is 0 Å². The van der Waals surface area contributed by atoms with Crippen molar-refractivity contribution in [1.82, 2.24) is 9.80 Å². The van der Waals surface area contributed by atoms with Crippen molar-refractivity contribution in [3.05, 3.63) is 22.7 Å². The molecule has 1 aromatic carbocycles. The number of carbonyl (C=O) groups excluding carboxylic acids is 1. The number of nitrogens with one attached hydrogen (secondary N) is 1. The number of aryl methyl sites for hydroxylation is 1. The molecule has 0 atom stereocenters. The van der Waals surface area contributed by atoms with Crippen LogP contribution in [-0.4, -0.2) is 80.6 Å². The molecule has 1 aromatic rings. The van der Waals surface area contributed by atoms with Gasteiger partial charge in [0, 0.05) is 43.8 Å². The lowest BCUT2D eigenvalue weighted by Gasteiger charge is -2.34. The van der Waals surface area contributed by atoms with Gasteiger partial charge in [-0.25, -0.2) is 4.79 Å². The monoisotopic (exact) mass is 371 g/mol. The number of aliphatic hydroxyl groups is 1. The fraction of sp³-hybridized carbons (Fsp3) is 0.588. The lowest BCUT2D eigenvalue weighted by molar-refractivity contribution is 0.0627. The van der Waals surface area contributed by atoms with E-state index in [0.29, 0.717) is 42.8 Å². The highest BCUT2D eigenvalue weighted by molar-refractivity contribution is 6.31. The summed E-state index contributed by atoms with van der Waals surface area (Å²) in [6.07, 6.45) is 0. The fourth-order valence-electron chi connectivity index (χ4n) is 2.66. The number of nitrogens with zero attached hydrogens (tertiary/aromatic N) is 2.